The Bertz CT molecular complexity index is 202. The smallest absolute Gasteiger partial charge is 0.165 e. The average molecular weight is 168 g/mol. The predicted molar refractivity (Wildman–Crippen MR) is 46.7 cm³/mol. The summed E-state index contributed by atoms with van der Waals surface area (Å²) in [5.74, 6) is 0. The Hall–Kier alpha value is -0.440. The highest BCUT2D eigenvalue weighted by molar-refractivity contribution is 7.99. The number of aromatic nitrogens is 2. The van der Waals surface area contributed by atoms with Crippen molar-refractivity contribution < 1.29 is 0 Å². The number of hydrogen-bond donors (Lipinski definition) is 1. The van der Waals surface area contributed by atoms with Gasteiger partial charge in [0.05, 0.1) is 0 Å². The highest BCUT2D eigenvalue weighted by Crippen LogP contribution is 2.32. The molecule has 1 aliphatic carbocycles. The molecule has 0 amide bonds. The van der Waals surface area contributed by atoms with Crippen molar-refractivity contribution >= 4 is 11.8 Å². The zero-order chi connectivity index (χ0) is 7.52. The van der Waals surface area contributed by atoms with E-state index in [4.69, 9.17) is 0 Å². The van der Waals surface area contributed by atoms with Gasteiger partial charge < -0.3 is 4.98 Å². The van der Waals surface area contributed by atoms with Crippen LogP contribution in [0.2, 0.25) is 0 Å². The number of imidazole rings is 1. The molecule has 1 N–H and O–H groups in total. The average Bonchev–Trinajstić information content (AvgIpc) is 2.60. The first kappa shape index (κ1) is 7.22. The number of rotatable bonds is 2. The van der Waals surface area contributed by atoms with E-state index in [0.29, 0.717) is 0 Å². The van der Waals surface area contributed by atoms with Crippen LogP contribution in [0.3, 0.4) is 0 Å². The van der Waals surface area contributed by atoms with Gasteiger partial charge in [0.15, 0.2) is 5.16 Å². The lowest BCUT2D eigenvalue weighted by Crippen LogP contribution is -1.93. The van der Waals surface area contributed by atoms with Crippen molar-refractivity contribution in [3.8, 4) is 0 Å². The second kappa shape index (κ2) is 3.30. The van der Waals surface area contributed by atoms with Gasteiger partial charge in [0.25, 0.3) is 0 Å². The third kappa shape index (κ3) is 1.77. The second-order valence-corrected chi connectivity index (χ2v) is 4.21. The Morgan fingerprint density at radius 1 is 1.45 bits per heavy atom. The molecule has 0 unspecified atom stereocenters. The molecule has 60 valence electrons. The zero-order valence-corrected chi connectivity index (χ0v) is 7.23. The van der Waals surface area contributed by atoms with Crippen molar-refractivity contribution in [2.24, 2.45) is 0 Å². The summed E-state index contributed by atoms with van der Waals surface area (Å²) in [6.45, 7) is 0. The van der Waals surface area contributed by atoms with Crippen LogP contribution >= 0.6 is 11.8 Å². The van der Waals surface area contributed by atoms with Crippen molar-refractivity contribution in [1.29, 1.82) is 0 Å². The molecule has 0 aromatic carbocycles. The number of nitrogens with zero attached hydrogens (tertiary/aromatic N) is 1. The van der Waals surface area contributed by atoms with Crippen LogP contribution in [0.15, 0.2) is 17.6 Å². The van der Waals surface area contributed by atoms with Gasteiger partial charge in [0.2, 0.25) is 0 Å². The first-order valence-corrected chi connectivity index (χ1v) is 4.99. The monoisotopic (exact) mass is 168 g/mol. The van der Waals surface area contributed by atoms with Gasteiger partial charge in [0.1, 0.15) is 0 Å². The number of nitrogens with one attached hydrogen (secondary N) is 1. The minimum absolute atomic E-state index is 0.821. The normalized spacial score (nSPS) is 19.3. The van der Waals surface area contributed by atoms with Gasteiger partial charge in [-0.25, -0.2) is 4.98 Å². The summed E-state index contributed by atoms with van der Waals surface area (Å²) in [5, 5.41) is 1.90. The molecule has 0 aliphatic heterocycles. The molecule has 1 aromatic rings. The van der Waals surface area contributed by atoms with Crippen LogP contribution in [-0.4, -0.2) is 15.2 Å². The van der Waals surface area contributed by atoms with Crippen LogP contribution < -0.4 is 0 Å². The standard InChI is InChI=1S/C8H12N2S/c1-2-4-7(3-1)11-8-9-5-6-10-8/h5-7H,1-4H2,(H,9,10). The second-order valence-electron chi connectivity index (χ2n) is 2.92. The quantitative estimate of drug-likeness (QED) is 0.734. The van der Waals surface area contributed by atoms with Gasteiger partial charge in [-0.1, -0.05) is 24.6 Å². The third-order valence-electron chi connectivity index (χ3n) is 2.05. The summed E-state index contributed by atoms with van der Waals surface area (Å²) in [6, 6.07) is 0. The van der Waals surface area contributed by atoms with Gasteiger partial charge in [-0.2, -0.15) is 0 Å². The van der Waals surface area contributed by atoms with E-state index < -0.39 is 0 Å². The molecule has 2 nitrogen and oxygen atoms in total. The van der Waals surface area contributed by atoms with Crippen LogP contribution in [0.1, 0.15) is 25.7 Å². The summed E-state index contributed by atoms with van der Waals surface area (Å²) in [7, 11) is 0. The van der Waals surface area contributed by atoms with E-state index >= 15 is 0 Å². The summed E-state index contributed by atoms with van der Waals surface area (Å²) < 4.78 is 0. The van der Waals surface area contributed by atoms with Gasteiger partial charge in [-0.15, -0.1) is 0 Å². The van der Waals surface area contributed by atoms with Crippen molar-refractivity contribution in [3.05, 3.63) is 12.4 Å². The van der Waals surface area contributed by atoms with Gasteiger partial charge >= 0.3 is 0 Å². The van der Waals surface area contributed by atoms with Gasteiger partial charge in [-0.05, 0) is 12.8 Å². The Labute approximate surface area is 70.8 Å². The summed E-state index contributed by atoms with van der Waals surface area (Å²) in [4.78, 5) is 7.30. The predicted octanol–water partition coefficient (Wildman–Crippen LogP) is 2.44. The fourth-order valence-electron chi connectivity index (χ4n) is 1.48. The Morgan fingerprint density at radius 2 is 2.27 bits per heavy atom. The maximum Gasteiger partial charge on any atom is 0.165 e. The maximum atomic E-state index is 4.19. The molecule has 0 saturated heterocycles. The molecular weight excluding hydrogens is 156 g/mol. The lowest BCUT2D eigenvalue weighted by molar-refractivity contribution is 0.886. The molecular formula is C8H12N2S. The summed E-state index contributed by atoms with van der Waals surface area (Å²) in [6.07, 6.45) is 9.24. The van der Waals surface area contributed by atoms with Crippen molar-refractivity contribution in [2.45, 2.75) is 36.1 Å². The summed E-state index contributed by atoms with van der Waals surface area (Å²) >= 11 is 1.89. The first-order valence-electron chi connectivity index (χ1n) is 4.11. The van der Waals surface area contributed by atoms with Crippen LogP contribution in [0.4, 0.5) is 0 Å². The summed E-state index contributed by atoms with van der Waals surface area (Å²) in [5.41, 5.74) is 0. The Balaban J connectivity index is 1.90. The van der Waals surface area contributed by atoms with E-state index in [9.17, 15) is 0 Å². The van der Waals surface area contributed by atoms with E-state index in [2.05, 4.69) is 9.97 Å². The maximum absolute atomic E-state index is 4.19. The van der Waals surface area contributed by atoms with Crippen LogP contribution in [0.5, 0.6) is 0 Å². The van der Waals surface area contributed by atoms with E-state index in [1.807, 2.05) is 24.2 Å². The van der Waals surface area contributed by atoms with Crippen molar-refractivity contribution in [3.63, 3.8) is 0 Å². The SMILES string of the molecule is c1c[nH]c(SC2CCCC2)n1. The molecule has 3 heteroatoms. The molecule has 1 heterocycles. The fraction of sp³-hybridized carbons (Fsp3) is 0.625. The number of thioether (sulfide) groups is 1. The highest BCUT2D eigenvalue weighted by atomic mass is 32.2. The molecule has 1 aliphatic rings. The largest absolute Gasteiger partial charge is 0.340 e. The molecule has 0 spiro atoms. The van der Waals surface area contributed by atoms with Crippen molar-refractivity contribution in [1.82, 2.24) is 9.97 Å². The lowest BCUT2D eigenvalue weighted by atomic mass is 10.4. The van der Waals surface area contributed by atoms with Gasteiger partial charge in [-0.3, -0.25) is 0 Å². The van der Waals surface area contributed by atoms with E-state index in [1.54, 1.807) is 0 Å². The minimum Gasteiger partial charge on any atom is -0.340 e. The topological polar surface area (TPSA) is 28.7 Å². The molecule has 2 rings (SSSR count). The Morgan fingerprint density at radius 3 is 2.91 bits per heavy atom. The van der Waals surface area contributed by atoms with Crippen LogP contribution in [-0.2, 0) is 0 Å². The van der Waals surface area contributed by atoms with E-state index in [0.717, 1.165) is 10.4 Å². The number of hydrogen-bond acceptors (Lipinski definition) is 2. The number of H-pyrrole nitrogens is 1. The molecule has 0 radical (unpaired) electrons. The Kier molecular flexibility index (Phi) is 2.17. The molecule has 1 saturated carbocycles. The van der Waals surface area contributed by atoms with Crippen molar-refractivity contribution in [2.75, 3.05) is 0 Å². The van der Waals surface area contributed by atoms with Crippen LogP contribution in [0, 0.1) is 0 Å². The molecule has 1 fully saturated rings. The third-order valence-corrected chi connectivity index (χ3v) is 3.30. The lowest BCUT2D eigenvalue weighted by Gasteiger charge is -2.03. The molecule has 1 aromatic heterocycles. The highest BCUT2D eigenvalue weighted by Gasteiger charge is 2.16. The molecule has 11 heavy (non-hydrogen) atoms. The molecule has 0 atom stereocenters. The molecule has 0 bridgehead atoms. The van der Waals surface area contributed by atoms with E-state index in [1.165, 1.54) is 25.7 Å². The number of aromatic amines is 1. The minimum atomic E-state index is 0.821. The van der Waals surface area contributed by atoms with Gasteiger partial charge in [0, 0.05) is 17.6 Å². The fourth-order valence-corrected chi connectivity index (χ4v) is 2.62. The zero-order valence-electron chi connectivity index (χ0n) is 6.42. The van der Waals surface area contributed by atoms with Crippen LogP contribution in [0.25, 0.3) is 0 Å². The first-order chi connectivity index (χ1) is 5.45. The van der Waals surface area contributed by atoms with E-state index in [-0.39, 0.29) is 0 Å².